The van der Waals surface area contributed by atoms with Gasteiger partial charge in [0.2, 0.25) is 0 Å². The third kappa shape index (κ3) is 3.96. The first-order valence-electron chi connectivity index (χ1n) is 9.69. The van der Waals surface area contributed by atoms with Crippen molar-refractivity contribution in [2.24, 2.45) is 5.92 Å². The van der Waals surface area contributed by atoms with Crippen LogP contribution in [0.25, 0.3) is 11.5 Å². The number of carbonyl (C=O) groups excluding carboxylic acids is 1. The monoisotopic (exact) mass is 376 g/mol. The SMILES string of the molecule is Cc1ccc(C(=O)N2CCC(CCc3noc(-c4cccnc4)n3)C2)c(C)c1. The normalized spacial score (nSPS) is 16.5. The van der Waals surface area contributed by atoms with Crippen molar-refractivity contribution in [1.29, 1.82) is 0 Å². The lowest BCUT2D eigenvalue weighted by atomic mass is 10.0. The lowest BCUT2D eigenvalue weighted by molar-refractivity contribution is 0.0786. The number of carbonyl (C=O) groups is 1. The van der Waals surface area contributed by atoms with Crippen LogP contribution in [0.15, 0.2) is 47.2 Å². The van der Waals surface area contributed by atoms with Crippen molar-refractivity contribution in [2.45, 2.75) is 33.1 Å². The maximum Gasteiger partial charge on any atom is 0.259 e. The van der Waals surface area contributed by atoms with Crippen molar-refractivity contribution in [3.05, 3.63) is 65.2 Å². The average molecular weight is 376 g/mol. The Bertz CT molecular complexity index is 968. The van der Waals surface area contributed by atoms with Crippen molar-refractivity contribution in [2.75, 3.05) is 13.1 Å². The van der Waals surface area contributed by atoms with E-state index in [0.717, 1.165) is 49.0 Å². The predicted molar refractivity (Wildman–Crippen MR) is 106 cm³/mol. The summed E-state index contributed by atoms with van der Waals surface area (Å²) in [4.78, 5) is 23.4. The van der Waals surface area contributed by atoms with Gasteiger partial charge in [0.1, 0.15) is 0 Å². The van der Waals surface area contributed by atoms with Gasteiger partial charge in [-0.3, -0.25) is 9.78 Å². The van der Waals surface area contributed by atoms with Crippen LogP contribution in [0.3, 0.4) is 0 Å². The third-order valence-electron chi connectivity index (χ3n) is 5.34. The Balaban J connectivity index is 1.33. The Hall–Kier alpha value is -3.02. The van der Waals surface area contributed by atoms with E-state index in [0.29, 0.717) is 17.6 Å². The number of pyridine rings is 1. The molecule has 144 valence electrons. The molecule has 0 N–H and O–H groups in total. The summed E-state index contributed by atoms with van der Waals surface area (Å²) in [5.74, 6) is 1.81. The van der Waals surface area contributed by atoms with Crippen LogP contribution in [-0.4, -0.2) is 39.0 Å². The van der Waals surface area contributed by atoms with Gasteiger partial charge in [0.25, 0.3) is 11.8 Å². The molecule has 0 spiro atoms. The molecule has 1 atom stereocenters. The number of aromatic nitrogens is 3. The first-order chi connectivity index (χ1) is 13.6. The van der Waals surface area contributed by atoms with E-state index < -0.39 is 0 Å². The topological polar surface area (TPSA) is 72.1 Å². The van der Waals surface area contributed by atoms with Crippen molar-refractivity contribution in [3.8, 4) is 11.5 Å². The maximum atomic E-state index is 12.8. The van der Waals surface area contributed by atoms with Gasteiger partial charge in [-0.15, -0.1) is 0 Å². The van der Waals surface area contributed by atoms with Gasteiger partial charge in [0.15, 0.2) is 5.82 Å². The number of amides is 1. The van der Waals surface area contributed by atoms with Crippen LogP contribution >= 0.6 is 0 Å². The van der Waals surface area contributed by atoms with E-state index >= 15 is 0 Å². The zero-order valence-electron chi connectivity index (χ0n) is 16.3. The minimum Gasteiger partial charge on any atom is -0.338 e. The van der Waals surface area contributed by atoms with E-state index in [1.165, 1.54) is 5.56 Å². The highest BCUT2D eigenvalue weighted by Crippen LogP contribution is 2.24. The van der Waals surface area contributed by atoms with Crippen molar-refractivity contribution in [1.82, 2.24) is 20.0 Å². The molecule has 28 heavy (non-hydrogen) atoms. The molecule has 1 saturated heterocycles. The molecule has 0 radical (unpaired) electrons. The molecular formula is C22H24N4O2. The second-order valence-electron chi connectivity index (χ2n) is 7.52. The standard InChI is InChI=1S/C22H24N4O2/c1-15-5-7-19(16(2)12-15)22(27)26-11-9-17(14-26)6-8-20-24-21(28-25-20)18-4-3-10-23-13-18/h3-5,7,10,12-13,17H,6,8-9,11,14H2,1-2H3. The van der Waals surface area contributed by atoms with Crippen LogP contribution in [0.1, 0.15) is 40.2 Å². The molecule has 1 unspecified atom stereocenters. The molecule has 0 bridgehead atoms. The van der Waals surface area contributed by atoms with Gasteiger partial charge in [-0.2, -0.15) is 4.98 Å². The van der Waals surface area contributed by atoms with Crippen LogP contribution in [0, 0.1) is 19.8 Å². The van der Waals surface area contributed by atoms with E-state index in [4.69, 9.17) is 4.52 Å². The van der Waals surface area contributed by atoms with Crippen LogP contribution in [0.5, 0.6) is 0 Å². The zero-order chi connectivity index (χ0) is 19.5. The smallest absolute Gasteiger partial charge is 0.259 e. The second-order valence-corrected chi connectivity index (χ2v) is 7.52. The number of hydrogen-bond acceptors (Lipinski definition) is 5. The molecule has 1 aliphatic heterocycles. The molecule has 1 fully saturated rings. The predicted octanol–water partition coefficient (Wildman–Crippen LogP) is 3.84. The molecule has 3 aromatic rings. The van der Waals surface area contributed by atoms with Crippen LogP contribution in [-0.2, 0) is 6.42 Å². The number of hydrogen-bond donors (Lipinski definition) is 0. The number of likely N-dealkylation sites (tertiary alicyclic amines) is 1. The minimum atomic E-state index is 0.137. The van der Waals surface area contributed by atoms with E-state index in [-0.39, 0.29) is 5.91 Å². The molecule has 6 heteroatoms. The number of nitrogens with zero attached hydrogens (tertiary/aromatic N) is 4. The van der Waals surface area contributed by atoms with E-state index in [1.807, 2.05) is 43.0 Å². The zero-order valence-corrected chi connectivity index (χ0v) is 16.3. The number of benzene rings is 1. The molecule has 3 heterocycles. The summed E-state index contributed by atoms with van der Waals surface area (Å²) in [5, 5.41) is 4.08. The van der Waals surface area contributed by atoms with Gasteiger partial charge in [-0.25, -0.2) is 0 Å². The van der Waals surface area contributed by atoms with Gasteiger partial charge in [-0.1, -0.05) is 22.9 Å². The summed E-state index contributed by atoms with van der Waals surface area (Å²) in [7, 11) is 0. The Labute approximate surface area is 164 Å². The third-order valence-corrected chi connectivity index (χ3v) is 5.34. The highest BCUT2D eigenvalue weighted by molar-refractivity contribution is 5.95. The first-order valence-corrected chi connectivity index (χ1v) is 9.69. The quantitative estimate of drug-likeness (QED) is 0.676. The van der Waals surface area contributed by atoms with Gasteiger partial charge in [0.05, 0.1) is 5.56 Å². The van der Waals surface area contributed by atoms with Gasteiger partial charge in [0, 0.05) is 37.5 Å². The Morgan fingerprint density at radius 3 is 2.96 bits per heavy atom. The van der Waals surface area contributed by atoms with E-state index in [2.05, 4.69) is 21.2 Å². The van der Waals surface area contributed by atoms with Crippen molar-refractivity contribution < 1.29 is 9.32 Å². The average Bonchev–Trinajstić information content (AvgIpc) is 3.36. The summed E-state index contributed by atoms with van der Waals surface area (Å²) in [6, 6.07) is 9.76. The molecule has 1 aliphatic rings. The molecule has 6 nitrogen and oxygen atoms in total. The number of rotatable bonds is 5. The summed E-state index contributed by atoms with van der Waals surface area (Å²) in [6.07, 6.45) is 6.14. The fourth-order valence-electron chi connectivity index (χ4n) is 3.77. The van der Waals surface area contributed by atoms with Crippen LogP contribution in [0.2, 0.25) is 0 Å². The molecule has 2 aromatic heterocycles. The maximum absolute atomic E-state index is 12.8. The largest absolute Gasteiger partial charge is 0.338 e. The van der Waals surface area contributed by atoms with Crippen molar-refractivity contribution >= 4 is 5.91 Å². The van der Waals surface area contributed by atoms with Gasteiger partial charge in [-0.05, 0) is 56.4 Å². The van der Waals surface area contributed by atoms with Crippen LogP contribution in [0.4, 0.5) is 0 Å². The fourth-order valence-corrected chi connectivity index (χ4v) is 3.77. The molecule has 0 aliphatic carbocycles. The molecule has 4 rings (SSSR count). The number of aryl methyl sites for hydroxylation is 3. The summed E-state index contributed by atoms with van der Waals surface area (Å²) < 4.78 is 5.34. The summed E-state index contributed by atoms with van der Waals surface area (Å²) >= 11 is 0. The van der Waals surface area contributed by atoms with Crippen molar-refractivity contribution in [3.63, 3.8) is 0 Å². The van der Waals surface area contributed by atoms with Crippen LogP contribution < -0.4 is 0 Å². The Morgan fingerprint density at radius 1 is 1.29 bits per heavy atom. The fraction of sp³-hybridized carbons (Fsp3) is 0.364. The minimum absolute atomic E-state index is 0.137. The molecule has 1 amide bonds. The van der Waals surface area contributed by atoms with E-state index in [9.17, 15) is 4.79 Å². The van der Waals surface area contributed by atoms with Gasteiger partial charge >= 0.3 is 0 Å². The first kappa shape index (κ1) is 18.3. The Morgan fingerprint density at radius 2 is 2.18 bits per heavy atom. The summed E-state index contributed by atoms with van der Waals surface area (Å²) in [6.45, 7) is 5.65. The molecular weight excluding hydrogens is 352 g/mol. The highest BCUT2D eigenvalue weighted by atomic mass is 16.5. The Kier molecular flexibility index (Phi) is 5.19. The lowest BCUT2D eigenvalue weighted by Crippen LogP contribution is -2.29. The highest BCUT2D eigenvalue weighted by Gasteiger charge is 2.27. The molecule has 1 aromatic carbocycles. The second kappa shape index (κ2) is 7.92. The lowest BCUT2D eigenvalue weighted by Gasteiger charge is -2.18. The molecule has 0 saturated carbocycles. The van der Waals surface area contributed by atoms with Gasteiger partial charge < -0.3 is 9.42 Å². The summed E-state index contributed by atoms with van der Waals surface area (Å²) in [5.41, 5.74) is 3.86. The van der Waals surface area contributed by atoms with E-state index in [1.54, 1.807) is 12.4 Å².